The van der Waals surface area contributed by atoms with Crippen LogP contribution in [0.4, 0.5) is 30.6 Å². The van der Waals surface area contributed by atoms with Gasteiger partial charge in [0.2, 0.25) is 11.9 Å². The first-order valence-corrected chi connectivity index (χ1v) is 8.06. The molecule has 1 aromatic carbocycles. The fourth-order valence-electron chi connectivity index (χ4n) is 2.42. The van der Waals surface area contributed by atoms with Crippen LogP contribution in [0.3, 0.4) is 0 Å². The van der Waals surface area contributed by atoms with E-state index in [9.17, 15) is 18.0 Å². The SMILES string of the molecule is CNC(=O)Cc1ccc(Nc2nc(NCC(F)(F)F)c3cc[nH]c3n2)cc1. The lowest BCUT2D eigenvalue weighted by atomic mass is 10.1. The van der Waals surface area contributed by atoms with Crippen molar-refractivity contribution in [3.8, 4) is 0 Å². The minimum atomic E-state index is -4.36. The zero-order chi connectivity index (χ0) is 19.4. The number of likely N-dealkylation sites (N-methyl/N-ethyl adjacent to an activating group) is 1. The summed E-state index contributed by atoms with van der Waals surface area (Å²) in [5.41, 5.74) is 1.88. The number of H-pyrrole nitrogens is 1. The first-order chi connectivity index (χ1) is 12.8. The number of alkyl halides is 3. The normalized spacial score (nSPS) is 11.4. The van der Waals surface area contributed by atoms with Crippen molar-refractivity contribution in [2.75, 3.05) is 24.2 Å². The predicted octanol–water partition coefficient (Wildman–Crippen LogP) is 2.96. The van der Waals surface area contributed by atoms with Crippen molar-refractivity contribution < 1.29 is 18.0 Å². The summed E-state index contributed by atoms with van der Waals surface area (Å²) >= 11 is 0. The van der Waals surface area contributed by atoms with Crippen LogP contribution in [0.1, 0.15) is 5.56 Å². The van der Waals surface area contributed by atoms with E-state index in [1.54, 1.807) is 43.6 Å². The number of aromatic nitrogens is 3. The van der Waals surface area contributed by atoms with Crippen LogP contribution in [0.25, 0.3) is 11.0 Å². The maximum absolute atomic E-state index is 12.5. The summed E-state index contributed by atoms with van der Waals surface area (Å²) in [6.45, 7) is -1.20. The van der Waals surface area contributed by atoms with E-state index < -0.39 is 12.7 Å². The first kappa shape index (κ1) is 18.5. The van der Waals surface area contributed by atoms with Crippen molar-refractivity contribution in [3.63, 3.8) is 0 Å². The van der Waals surface area contributed by atoms with Crippen molar-refractivity contribution in [1.82, 2.24) is 20.3 Å². The molecule has 7 nitrogen and oxygen atoms in total. The van der Waals surface area contributed by atoms with Crippen molar-refractivity contribution in [3.05, 3.63) is 42.1 Å². The van der Waals surface area contributed by atoms with Gasteiger partial charge in [-0.1, -0.05) is 12.1 Å². The minimum absolute atomic E-state index is 0.0808. The number of hydrogen-bond acceptors (Lipinski definition) is 5. The smallest absolute Gasteiger partial charge is 0.360 e. The Hall–Kier alpha value is -3.30. The lowest BCUT2D eigenvalue weighted by molar-refractivity contribution is -0.120. The number of nitrogens with zero attached hydrogens (tertiary/aromatic N) is 2. The Kier molecular flexibility index (Phi) is 5.15. The molecule has 2 heterocycles. The second-order valence-electron chi connectivity index (χ2n) is 5.78. The second-order valence-corrected chi connectivity index (χ2v) is 5.78. The van der Waals surface area contributed by atoms with Gasteiger partial charge in [-0.3, -0.25) is 4.79 Å². The van der Waals surface area contributed by atoms with Crippen LogP contribution >= 0.6 is 0 Å². The molecule has 0 aliphatic rings. The van der Waals surface area contributed by atoms with Gasteiger partial charge in [0, 0.05) is 18.9 Å². The third-order valence-corrected chi connectivity index (χ3v) is 3.73. The number of fused-ring (bicyclic) bond motifs is 1. The largest absolute Gasteiger partial charge is 0.405 e. The van der Waals surface area contributed by atoms with Gasteiger partial charge >= 0.3 is 6.18 Å². The maximum atomic E-state index is 12.5. The second kappa shape index (κ2) is 7.52. The molecular formula is C17H17F3N6O. The quantitative estimate of drug-likeness (QED) is 0.529. The van der Waals surface area contributed by atoms with E-state index in [-0.39, 0.29) is 24.1 Å². The molecule has 10 heteroatoms. The maximum Gasteiger partial charge on any atom is 0.405 e. The Balaban J connectivity index is 1.79. The summed E-state index contributed by atoms with van der Waals surface area (Å²) in [7, 11) is 1.57. The number of carbonyl (C=O) groups excluding carboxylic acids is 1. The zero-order valence-electron chi connectivity index (χ0n) is 14.3. The first-order valence-electron chi connectivity index (χ1n) is 8.06. The third-order valence-electron chi connectivity index (χ3n) is 3.73. The van der Waals surface area contributed by atoms with E-state index in [2.05, 4.69) is 30.9 Å². The summed E-state index contributed by atoms with van der Waals surface area (Å²) in [5, 5.41) is 8.26. The molecule has 0 fully saturated rings. The molecule has 0 atom stereocenters. The standard InChI is InChI=1S/C17H17F3N6O/c1-21-13(27)8-10-2-4-11(5-3-10)24-16-25-14-12(6-7-22-14)15(26-16)23-9-17(18,19)20/h2-7H,8-9H2,1H3,(H,21,27)(H3,22,23,24,25,26). The molecular weight excluding hydrogens is 361 g/mol. The van der Waals surface area contributed by atoms with Gasteiger partial charge in [-0.05, 0) is 23.8 Å². The van der Waals surface area contributed by atoms with Gasteiger partial charge in [0.05, 0.1) is 11.8 Å². The van der Waals surface area contributed by atoms with Crippen molar-refractivity contribution in [2.24, 2.45) is 0 Å². The van der Waals surface area contributed by atoms with Gasteiger partial charge in [0.25, 0.3) is 0 Å². The van der Waals surface area contributed by atoms with Crippen LogP contribution in [0.15, 0.2) is 36.5 Å². The molecule has 27 heavy (non-hydrogen) atoms. The summed E-state index contributed by atoms with van der Waals surface area (Å²) in [6, 6.07) is 8.62. The summed E-state index contributed by atoms with van der Waals surface area (Å²) in [6.07, 6.45) is -2.52. The molecule has 1 amide bonds. The average molecular weight is 378 g/mol. The molecule has 0 spiro atoms. The highest BCUT2D eigenvalue weighted by atomic mass is 19.4. The number of halogens is 3. The Bertz CT molecular complexity index is 936. The van der Waals surface area contributed by atoms with E-state index >= 15 is 0 Å². The lowest BCUT2D eigenvalue weighted by Crippen LogP contribution is -2.22. The molecule has 3 aromatic rings. The van der Waals surface area contributed by atoms with E-state index in [1.807, 2.05) is 0 Å². The number of aromatic amines is 1. The molecule has 0 saturated carbocycles. The van der Waals surface area contributed by atoms with Gasteiger partial charge < -0.3 is 20.9 Å². The Morgan fingerprint density at radius 1 is 1.15 bits per heavy atom. The molecule has 2 aromatic heterocycles. The van der Waals surface area contributed by atoms with Gasteiger partial charge in [-0.15, -0.1) is 0 Å². The number of hydrogen-bond donors (Lipinski definition) is 4. The third kappa shape index (κ3) is 4.87. The summed E-state index contributed by atoms with van der Waals surface area (Å²) in [5.74, 6) is 0.127. The van der Waals surface area contributed by atoms with Crippen molar-refractivity contribution >= 4 is 34.4 Å². The summed E-state index contributed by atoms with van der Waals surface area (Å²) in [4.78, 5) is 22.6. The van der Waals surface area contributed by atoms with Crippen LogP contribution in [0.5, 0.6) is 0 Å². The topological polar surface area (TPSA) is 94.7 Å². The minimum Gasteiger partial charge on any atom is -0.360 e. The molecule has 0 aliphatic heterocycles. The fraction of sp³-hybridized carbons (Fsp3) is 0.235. The number of anilines is 3. The van der Waals surface area contributed by atoms with Crippen LogP contribution in [0, 0.1) is 0 Å². The number of carbonyl (C=O) groups is 1. The molecule has 0 bridgehead atoms. The molecule has 0 radical (unpaired) electrons. The monoisotopic (exact) mass is 378 g/mol. The zero-order valence-corrected chi connectivity index (χ0v) is 14.3. The molecule has 142 valence electrons. The lowest BCUT2D eigenvalue weighted by Gasteiger charge is -2.12. The molecule has 0 unspecified atom stereocenters. The predicted molar refractivity (Wildman–Crippen MR) is 95.9 cm³/mol. The average Bonchev–Trinajstić information content (AvgIpc) is 3.09. The summed E-state index contributed by atoms with van der Waals surface area (Å²) < 4.78 is 37.5. The van der Waals surface area contributed by atoms with Gasteiger partial charge in [-0.2, -0.15) is 23.1 Å². The highest BCUT2D eigenvalue weighted by Crippen LogP contribution is 2.24. The van der Waals surface area contributed by atoms with Crippen molar-refractivity contribution in [1.29, 1.82) is 0 Å². The van der Waals surface area contributed by atoms with Crippen LogP contribution < -0.4 is 16.0 Å². The Morgan fingerprint density at radius 3 is 2.56 bits per heavy atom. The van der Waals surface area contributed by atoms with Crippen molar-refractivity contribution in [2.45, 2.75) is 12.6 Å². The Labute approximate surface area is 152 Å². The number of amides is 1. The van der Waals surface area contributed by atoms with Crippen LogP contribution in [-0.4, -0.2) is 40.6 Å². The van der Waals surface area contributed by atoms with E-state index in [1.165, 1.54) is 0 Å². The molecule has 4 N–H and O–H groups in total. The van der Waals surface area contributed by atoms with Gasteiger partial charge in [-0.25, -0.2) is 0 Å². The fourth-order valence-corrected chi connectivity index (χ4v) is 2.42. The number of benzene rings is 1. The molecule has 3 rings (SSSR count). The van der Waals surface area contributed by atoms with E-state index in [0.29, 0.717) is 16.7 Å². The molecule has 0 aliphatic carbocycles. The van der Waals surface area contributed by atoms with E-state index in [0.717, 1.165) is 5.56 Å². The highest BCUT2D eigenvalue weighted by Gasteiger charge is 2.27. The number of rotatable bonds is 6. The van der Waals surface area contributed by atoms with Gasteiger partial charge in [0.15, 0.2) is 0 Å². The highest BCUT2D eigenvalue weighted by molar-refractivity contribution is 5.88. The number of nitrogens with one attached hydrogen (secondary N) is 4. The van der Waals surface area contributed by atoms with E-state index in [4.69, 9.17) is 0 Å². The molecule has 0 saturated heterocycles. The van der Waals surface area contributed by atoms with Crippen LogP contribution in [-0.2, 0) is 11.2 Å². The van der Waals surface area contributed by atoms with Crippen LogP contribution in [0.2, 0.25) is 0 Å². The van der Waals surface area contributed by atoms with Gasteiger partial charge in [0.1, 0.15) is 18.0 Å². The Morgan fingerprint density at radius 2 is 1.89 bits per heavy atom.